The number of nitrogens with one attached hydrogen (secondary N) is 1. The summed E-state index contributed by atoms with van der Waals surface area (Å²) < 4.78 is 0. The fraction of sp³-hybridized carbons (Fsp3) is 0.778. The molecular weight excluding hydrogens is 262 g/mol. The molecule has 1 saturated carbocycles. The molecule has 1 N–H and O–H groups in total. The van der Waals surface area contributed by atoms with Crippen LogP contribution in [0.15, 0.2) is 12.1 Å². The summed E-state index contributed by atoms with van der Waals surface area (Å²) in [6.45, 7) is 11.7. The minimum Gasteiger partial charge on any atom is -0.307 e. The predicted octanol–water partition coefficient (Wildman–Crippen LogP) is 5.70. The molecule has 2 rings (SSSR count). The molecule has 20 heavy (non-hydrogen) atoms. The molecule has 1 fully saturated rings. The summed E-state index contributed by atoms with van der Waals surface area (Å²) in [5, 5.41) is 3.85. The van der Waals surface area contributed by atoms with Gasteiger partial charge in [-0.15, -0.1) is 11.3 Å². The van der Waals surface area contributed by atoms with Gasteiger partial charge in [0.25, 0.3) is 0 Å². The topological polar surface area (TPSA) is 12.0 Å². The molecular formula is C18H31NS. The van der Waals surface area contributed by atoms with E-state index in [4.69, 9.17) is 0 Å². The molecule has 1 unspecified atom stereocenters. The number of rotatable bonds is 5. The molecule has 0 bridgehead atoms. The van der Waals surface area contributed by atoms with Crippen LogP contribution in [0.25, 0.3) is 0 Å². The lowest BCUT2D eigenvalue weighted by Gasteiger charge is -2.39. The van der Waals surface area contributed by atoms with Gasteiger partial charge in [0, 0.05) is 21.8 Å². The summed E-state index contributed by atoms with van der Waals surface area (Å²) in [6.07, 6.45) is 6.80. The van der Waals surface area contributed by atoms with E-state index in [1.165, 1.54) is 41.9 Å². The third-order valence-electron chi connectivity index (χ3n) is 5.42. The van der Waals surface area contributed by atoms with E-state index in [-0.39, 0.29) is 0 Å². The van der Waals surface area contributed by atoms with Crippen molar-refractivity contribution in [2.24, 2.45) is 11.3 Å². The van der Waals surface area contributed by atoms with Crippen molar-refractivity contribution in [2.75, 3.05) is 0 Å². The number of hydrogen-bond acceptors (Lipinski definition) is 2. The molecule has 1 aliphatic rings. The minimum absolute atomic E-state index is 0.509. The van der Waals surface area contributed by atoms with Crippen molar-refractivity contribution in [1.29, 1.82) is 0 Å². The standard InChI is InChI=1S/C18H31NS/c1-6-18(4,5)15-8-10-16(11-9-15)19-14(3)17-12-7-13(2)20-17/h7,12,14-16,19H,6,8-11H2,1-5H3. The predicted molar refractivity (Wildman–Crippen MR) is 90.4 cm³/mol. The Morgan fingerprint density at radius 3 is 2.40 bits per heavy atom. The van der Waals surface area contributed by atoms with Crippen LogP contribution in [0.2, 0.25) is 0 Å². The van der Waals surface area contributed by atoms with Gasteiger partial charge in [-0.3, -0.25) is 0 Å². The molecule has 0 radical (unpaired) electrons. The average Bonchev–Trinajstić information content (AvgIpc) is 2.86. The van der Waals surface area contributed by atoms with Crippen LogP contribution in [-0.4, -0.2) is 6.04 Å². The fourth-order valence-electron chi connectivity index (χ4n) is 3.45. The minimum atomic E-state index is 0.509. The van der Waals surface area contributed by atoms with E-state index in [0.29, 0.717) is 11.5 Å². The van der Waals surface area contributed by atoms with Gasteiger partial charge in [-0.1, -0.05) is 27.2 Å². The van der Waals surface area contributed by atoms with Crippen molar-refractivity contribution in [1.82, 2.24) is 5.32 Å². The van der Waals surface area contributed by atoms with Crippen molar-refractivity contribution >= 4 is 11.3 Å². The van der Waals surface area contributed by atoms with E-state index in [0.717, 1.165) is 12.0 Å². The Morgan fingerprint density at radius 1 is 1.25 bits per heavy atom. The number of thiophene rings is 1. The van der Waals surface area contributed by atoms with Gasteiger partial charge < -0.3 is 5.32 Å². The van der Waals surface area contributed by atoms with Crippen molar-refractivity contribution in [3.05, 3.63) is 21.9 Å². The lowest BCUT2D eigenvalue weighted by molar-refractivity contribution is 0.134. The monoisotopic (exact) mass is 293 g/mol. The van der Waals surface area contributed by atoms with Gasteiger partial charge in [0.05, 0.1) is 0 Å². The van der Waals surface area contributed by atoms with Crippen LogP contribution < -0.4 is 5.32 Å². The Kier molecular flexibility index (Phi) is 5.30. The first-order valence-corrected chi connectivity index (χ1v) is 9.06. The van der Waals surface area contributed by atoms with Crippen LogP contribution in [0.1, 0.15) is 75.6 Å². The molecule has 0 amide bonds. The molecule has 1 atom stereocenters. The molecule has 0 aliphatic heterocycles. The van der Waals surface area contributed by atoms with Gasteiger partial charge in [-0.2, -0.15) is 0 Å². The first-order valence-electron chi connectivity index (χ1n) is 8.24. The van der Waals surface area contributed by atoms with Crippen molar-refractivity contribution < 1.29 is 0 Å². The van der Waals surface area contributed by atoms with Crippen molar-refractivity contribution in [3.8, 4) is 0 Å². The lowest BCUT2D eigenvalue weighted by atomic mass is 9.69. The lowest BCUT2D eigenvalue weighted by Crippen LogP contribution is -2.37. The van der Waals surface area contributed by atoms with Crippen LogP contribution in [-0.2, 0) is 0 Å². The quantitative estimate of drug-likeness (QED) is 0.734. The smallest absolute Gasteiger partial charge is 0.0388 e. The van der Waals surface area contributed by atoms with Gasteiger partial charge >= 0.3 is 0 Å². The first-order chi connectivity index (χ1) is 9.42. The van der Waals surface area contributed by atoms with Crippen molar-refractivity contribution in [3.63, 3.8) is 0 Å². The molecule has 0 spiro atoms. The Balaban J connectivity index is 1.82. The third-order valence-corrected chi connectivity index (χ3v) is 6.60. The van der Waals surface area contributed by atoms with Crippen LogP contribution in [0, 0.1) is 18.3 Å². The van der Waals surface area contributed by atoms with E-state index in [1.54, 1.807) is 0 Å². The molecule has 2 heteroatoms. The largest absolute Gasteiger partial charge is 0.307 e. The Morgan fingerprint density at radius 2 is 1.90 bits per heavy atom. The first kappa shape index (κ1) is 16.0. The Labute approximate surface area is 129 Å². The highest BCUT2D eigenvalue weighted by molar-refractivity contribution is 7.12. The van der Waals surface area contributed by atoms with Gasteiger partial charge in [-0.05, 0) is 63.0 Å². The molecule has 0 saturated heterocycles. The highest BCUT2D eigenvalue weighted by Gasteiger charge is 2.32. The van der Waals surface area contributed by atoms with Crippen LogP contribution in [0.3, 0.4) is 0 Å². The summed E-state index contributed by atoms with van der Waals surface area (Å²) in [4.78, 5) is 2.90. The van der Waals surface area contributed by atoms with E-state index >= 15 is 0 Å². The maximum absolute atomic E-state index is 3.85. The van der Waals surface area contributed by atoms with Gasteiger partial charge in [0.1, 0.15) is 0 Å². The Bertz CT molecular complexity index is 413. The number of hydrogen-bond donors (Lipinski definition) is 1. The second-order valence-corrected chi connectivity index (χ2v) is 8.55. The van der Waals surface area contributed by atoms with E-state index in [9.17, 15) is 0 Å². The molecule has 1 heterocycles. The van der Waals surface area contributed by atoms with Gasteiger partial charge in [0.15, 0.2) is 0 Å². The molecule has 114 valence electrons. The molecule has 1 aromatic heterocycles. The average molecular weight is 294 g/mol. The molecule has 0 aromatic carbocycles. The van der Waals surface area contributed by atoms with Crippen LogP contribution in [0.4, 0.5) is 0 Å². The highest BCUT2D eigenvalue weighted by atomic mass is 32.1. The second kappa shape index (κ2) is 6.62. The normalized spacial score (nSPS) is 25.6. The highest BCUT2D eigenvalue weighted by Crippen LogP contribution is 2.40. The Hall–Kier alpha value is -0.340. The zero-order chi connectivity index (χ0) is 14.8. The molecule has 1 nitrogen and oxygen atoms in total. The van der Waals surface area contributed by atoms with Crippen LogP contribution >= 0.6 is 11.3 Å². The van der Waals surface area contributed by atoms with Crippen LogP contribution in [0.5, 0.6) is 0 Å². The van der Waals surface area contributed by atoms with Gasteiger partial charge in [-0.25, -0.2) is 0 Å². The molecule has 1 aliphatic carbocycles. The summed E-state index contributed by atoms with van der Waals surface area (Å²) in [7, 11) is 0. The van der Waals surface area contributed by atoms with E-state index < -0.39 is 0 Å². The number of aryl methyl sites for hydroxylation is 1. The maximum Gasteiger partial charge on any atom is 0.0388 e. The summed E-state index contributed by atoms with van der Waals surface area (Å²) in [6, 6.07) is 5.74. The third kappa shape index (κ3) is 3.85. The summed E-state index contributed by atoms with van der Waals surface area (Å²) in [5.41, 5.74) is 0.529. The summed E-state index contributed by atoms with van der Waals surface area (Å²) in [5.74, 6) is 0.921. The van der Waals surface area contributed by atoms with E-state index in [2.05, 4.69) is 52.1 Å². The van der Waals surface area contributed by atoms with E-state index in [1.807, 2.05) is 11.3 Å². The fourth-order valence-corrected chi connectivity index (χ4v) is 4.34. The second-order valence-electron chi connectivity index (χ2n) is 7.23. The zero-order valence-electron chi connectivity index (χ0n) is 13.8. The SMILES string of the molecule is CCC(C)(C)C1CCC(NC(C)c2ccc(C)s2)CC1. The zero-order valence-corrected chi connectivity index (χ0v) is 14.6. The van der Waals surface area contributed by atoms with Crippen molar-refractivity contribution in [2.45, 2.75) is 78.8 Å². The molecule has 1 aromatic rings. The maximum atomic E-state index is 3.85. The van der Waals surface area contributed by atoms with Gasteiger partial charge in [0.2, 0.25) is 0 Å². The summed E-state index contributed by atoms with van der Waals surface area (Å²) >= 11 is 1.93.